The third-order valence-corrected chi connectivity index (χ3v) is 5.86. The van der Waals surface area contributed by atoms with Gasteiger partial charge in [-0.1, -0.05) is 6.07 Å². The highest BCUT2D eigenvalue weighted by Crippen LogP contribution is 2.25. The SMILES string of the molecule is COc1ccc(N(Cc2cccs2)C(=O)c2ccn(C3CCCNC3)n2)cc1. The van der Waals surface area contributed by atoms with E-state index in [4.69, 9.17) is 4.74 Å². The molecule has 3 heterocycles. The predicted molar refractivity (Wildman–Crippen MR) is 111 cm³/mol. The summed E-state index contributed by atoms with van der Waals surface area (Å²) >= 11 is 1.64. The van der Waals surface area contributed by atoms with Crippen molar-refractivity contribution in [3.63, 3.8) is 0 Å². The lowest BCUT2D eigenvalue weighted by Crippen LogP contribution is -2.33. The normalized spacial score (nSPS) is 16.7. The first-order valence-corrected chi connectivity index (χ1v) is 10.4. The number of methoxy groups -OCH3 is 1. The summed E-state index contributed by atoms with van der Waals surface area (Å²) in [7, 11) is 1.64. The summed E-state index contributed by atoms with van der Waals surface area (Å²) < 4.78 is 7.17. The number of benzene rings is 1. The van der Waals surface area contributed by atoms with Crippen molar-refractivity contribution in [1.82, 2.24) is 15.1 Å². The van der Waals surface area contributed by atoms with Crippen LogP contribution in [0.5, 0.6) is 5.75 Å². The van der Waals surface area contributed by atoms with E-state index in [1.165, 1.54) is 0 Å². The van der Waals surface area contributed by atoms with Crippen LogP contribution >= 0.6 is 11.3 Å². The number of nitrogens with zero attached hydrogens (tertiary/aromatic N) is 3. The standard InChI is InChI=1S/C21H24N4O2S/c1-27-18-8-6-16(7-9-18)24(15-19-5-3-13-28-19)21(26)20-10-12-25(23-20)17-4-2-11-22-14-17/h3,5-10,12-13,17,22H,2,4,11,14-15H2,1H3. The highest BCUT2D eigenvalue weighted by atomic mass is 32.1. The number of thiophene rings is 1. The fourth-order valence-electron chi connectivity index (χ4n) is 3.45. The van der Waals surface area contributed by atoms with Gasteiger partial charge in [0.05, 0.1) is 19.7 Å². The monoisotopic (exact) mass is 396 g/mol. The second kappa shape index (κ2) is 8.58. The smallest absolute Gasteiger partial charge is 0.279 e. The molecule has 1 aliphatic rings. The predicted octanol–water partition coefficient (Wildman–Crippen LogP) is 3.72. The van der Waals surface area contributed by atoms with Crippen molar-refractivity contribution >= 4 is 22.9 Å². The van der Waals surface area contributed by atoms with E-state index in [1.54, 1.807) is 23.3 Å². The van der Waals surface area contributed by atoms with Crippen LogP contribution in [0.4, 0.5) is 5.69 Å². The van der Waals surface area contributed by atoms with E-state index in [1.807, 2.05) is 58.7 Å². The van der Waals surface area contributed by atoms with Gasteiger partial charge in [0.1, 0.15) is 5.75 Å². The Morgan fingerprint density at radius 1 is 1.32 bits per heavy atom. The van der Waals surface area contributed by atoms with E-state index in [0.717, 1.165) is 42.2 Å². The maximum Gasteiger partial charge on any atom is 0.279 e. The molecule has 28 heavy (non-hydrogen) atoms. The van der Waals surface area contributed by atoms with Crippen LogP contribution in [0.15, 0.2) is 54.0 Å². The lowest BCUT2D eigenvalue weighted by Gasteiger charge is -2.23. The molecule has 1 fully saturated rings. The van der Waals surface area contributed by atoms with E-state index in [2.05, 4.69) is 10.4 Å². The fraction of sp³-hybridized carbons (Fsp3) is 0.333. The second-order valence-corrected chi connectivity index (χ2v) is 7.88. The van der Waals surface area contributed by atoms with Gasteiger partial charge in [-0.25, -0.2) is 0 Å². The van der Waals surface area contributed by atoms with Crippen LogP contribution in [0.3, 0.4) is 0 Å². The molecule has 3 aromatic rings. The summed E-state index contributed by atoms with van der Waals surface area (Å²) in [4.78, 5) is 16.2. The number of carbonyl (C=O) groups excluding carboxylic acids is 1. The summed E-state index contributed by atoms with van der Waals surface area (Å²) in [6, 6.07) is 13.7. The summed E-state index contributed by atoms with van der Waals surface area (Å²) in [5.74, 6) is 0.669. The number of hydrogen-bond donors (Lipinski definition) is 1. The van der Waals surface area contributed by atoms with Gasteiger partial charge < -0.3 is 15.0 Å². The van der Waals surface area contributed by atoms with Crippen molar-refractivity contribution in [2.45, 2.75) is 25.4 Å². The highest BCUT2D eigenvalue weighted by Gasteiger charge is 2.23. The van der Waals surface area contributed by atoms with E-state index in [9.17, 15) is 4.79 Å². The molecule has 0 spiro atoms. The van der Waals surface area contributed by atoms with Gasteiger partial charge in [-0.2, -0.15) is 5.10 Å². The molecule has 0 radical (unpaired) electrons. The van der Waals surface area contributed by atoms with Crippen molar-refractivity contribution in [3.05, 3.63) is 64.6 Å². The molecule has 0 bridgehead atoms. The Hall–Kier alpha value is -2.64. The molecule has 1 aliphatic heterocycles. The van der Waals surface area contributed by atoms with Crippen molar-refractivity contribution < 1.29 is 9.53 Å². The molecule has 0 saturated carbocycles. The molecule has 1 aromatic carbocycles. The molecule has 0 aliphatic carbocycles. The molecule has 6 nitrogen and oxygen atoms in total. The second-order valence-electron chi connectivity index (χ2n) is 6.85. The number of amides is 1. The van der Waals surface area contributed by atoms with E-state index in [0.29, 0.717) is 18.3 Å². The van der Waals surface area contributed by atoms with E-state index < -0.39 is 0 Å². The fourth-order valence-corrected chi connectivity index (χ4v) is 4.15. The van der Waals surface area contributed by atoms with Crippen LogP contribution in [0.25, 0.3) is 0 Å². The zero-order valence-corrected chi connectivity index (χ0v) is 16.7. The Morgan fingerprint density at radius 2 is 2.18 bits per heavy atom. The Kier molecular flexibility index (Phi) is 5.73. The topological polar surface area (TPSA) is 59.4 Å². The Morgan fingerprint density at radius 3 is 2.86 bits per heavy atom. The first-order valence-electron chi connectivity index (χ1n) is 9.49. The van der Waals surface area contributed by atoms with Crippen LogP contribution in [0, 0.1) is 0 Å². The third kappa shape index (κ3) is 4.10. The van der Waals surface area contributed by atoms with Crippen LogP contribution in [0.1, 0.15) is 34.2 Å². The third-order valence-electron chi connectivity index (χ3n) is 5.00. The van der Waals surface area contributed by atoms with Gasteiger partial charge in [0.2, 0.25) is 0 Å². The van der Waals surface area contributed by atoms with E-state index in [-0.39, 0.29) is 5.91 Å². The van der Waals surface area contributed by atoms with Gasteiger partial charge in [-0.05, 0) is 61.2 Å². The number of anilines is 1. The Labute approximate surface area is 168 Å². The molecule has 1 amide bonds. The molecule has 7 heteroatoms. The van der Waals surface area contributed by atoms with Crippen molar-refractivity contribution in [3.8, 4) is 5.75 Å². The van der Waals surface area contributed by atoms with Crippen LogP contribution in [-0.4, -0.2) is 35.9 Å². The first-order chi connectivity index (χ1) is 13.7. The number of hydrogen-bond acceptors (Lipinski definition) is 5. The van der Waals surface area contributed by atoms with Gasteiger partial charge in [0.15, 0.2) is 5.69 Å². The Balaban J connectivity index is 1.59. The zero-order valence-electron chi connectivity index (χ0n) is 15.9. The highest BCUT2D eigenvalue weighted by molar-refractivity contribution is 7.09. The molecule has 4 rings (SSSR count). The van der Waals surface area contributed by atoms with Gasteiger partial charge in [-0.15, -0.1) is 11.3 Å². The van der Waals surface area contributed by atoms with Crippen molar-refractivity contribution in [1.29, 1.82) is 0 Å². The number of piperidine rings is 1. The molecular formula is C21H24N4O2S. The molecule has 1 saturated heterocycles. The van der Waals surface area contributed by atoms with Crippen LogP contribution in [0.2, 0.25) is 0 Å². The first kappa shape index (κ1) is 18.7. The maximum atomic E-state index is 13.3. The largest absolute Gasteiger partial charge is 0.497 e. The average molecular weight is 397 g/mol. The lowest BCUT2D eigenvalue weighted by atomic mass is 10.1. The lowest BCUT2D eigenvalue weighted by molar-refractivity contribution is 0.0979. The minimum atomic E-state index is -0.0962. The molecule has 1 unspecified atom stereocenters. The summed E-state index contributed by atoms with van der Waals surface area (Å²) in [5, 5.41) is 10.0. The van der Waals surface area contributed by atoms with Gasteiger partial charge in [0, 0.05) is 23.3 Å². The summed E-state index contributed by atoms with van der Waals surface area (Å²) in [5.41, 5.74) is 1.30. The number of rotatable bonds is 6. The quantitative estimate of drug-likeness (QED) is 0.690. The summed E-state index contributed by atoms with van der Waals surface area (Å²) in [6.45, 7) is 2.46. The molecule has 1 N–H and O–H groups in total. The molecule has 146 valence electrons. The number of ether oxygens (including phenoxy) is 1. The number of carbonyl (C=O) groups is 1. The van der Waals surface area contributed by atoms with Gasteiger partial charge in [0.25, 0.3) is 5.91 Å². The van der Waals surface area contributed by atoms with E-state index >= 15 is 0 Å². The van der Waals surface area contributed by atoms with Crippen molar-refractivity contribution in [2.24, 2.45) is 0 Å². The molecular weight excluding hydrogens is 372 g/mol. The number of nitrogens with one attached hydrogen (secondary N) is 1. The minimum Gasteiger partial charge on any atom is -0.497 e. The minimum absolute atomic E-state index is 0.0962. The van der Waals surface area contributed by atoms with Crippen LogP contribution in [-0.2, 0) is 6.54 Å². The zero-order chi connectivity index (χ0) is 19.3. The summed E-state index contributed by atoms with van der Waals surface area (Å²) in [6.07, 6.45) is 4.13. The Bertz CT molecular complexity index is 899. The number of aromatic nitrogens is 2. The molecule has 2 aromatic heterocycles. The van der Waals surface area contributed by atoms with Crippen molar-refractivity contribution in [2.75, 3.05) is 25.1 Å². The molecule has 1 atom stereocenters. The maximum absolute atomic E-state index is 13.3. The van der Waals surface area contributed by atoms with Gasteiger partial charge >= 0.3 is 0 Å². The van der Waals surface area contributed by atoms with Crippen LogP contribution < -0.4 is 15.0 Å². The van der Waals surface area contributed by atoms with Gasteiger partial charge in [-0.3, -0.25) is 9.48 Å². The average Bonchev–Trinajstić information content (AvgIpc) is 3.44.